The number of carbonyl (C=O) groups is 2. The molecular weight excluding hydrogens is 503 g/mol. The van der Waals surface area contributed by atoms with Gasteiger partial charge in [0.05, 0.1) is 26.5 Å². The summed E-state index contributed by atoms with van der Waals surface area (Å²) in [5.74, 6) is 1.01. The van der Waals surface area contributed by atoms with Crippen molar-refractivity contribution in [2.24, 2.45) is 0 Å². The fraction of sp³-hybridized carbons (Fsp3) is 0.360. The molecule has 2 heterocycles. The monoisotopic (exact) mass is 530 g/mol. The van der Waals surface area contributed by atoms with E-state index in [4.69, 9.17) is 21.1 Å². The predicted octanol–water partition coefficient (Wildman–Crippen LogP) is 4.56. The van der Waals surface area contributed by atoms with Crippen LogP contribution in [0.25, 0.3) is 0 Å². The zero-order valence-corrected chi connectivity index (χ0v) is 21.3. The molecule has 0 spiro atoms. The van der Waals surface area contributed by atoms with Crippen LogP contribution in [0.3, 0.4) is 0 Å². The number of anilines is 3. The van der Waals surface area contributed by atoms with E-state index in [2.05, 4.69) is 27.2 Å². The van der Waals surface area contributed by atoms with Gasteiger partial charge in [-0.15, -0.1) is 0 Å². The van der Waals surface area contributed by atoms with Crippen LogP contribution in [0.15, 0.2) is 43.5 Å². The molecule has 2 aromatic rings. The highest BCUT2D eigenvalue weighted by atomic mass is 35.5. The van der Waals surface area contributed by atoms with Gasteiger partial charge in [0.2, 0.25) is 11.9 Å². The Hall–Kier alpha value is -3.86. The third-order valence-electron chi connectivity index (χ3n) is 6.37. The van der Waals surface area contributed by atoms with Crippen molar-refractivity contribution in [3.63, 3.8) is 0 Å². The SMILES string of the molecule is C=CC(=O)NC1CCCCC1Nc1ncc2c(n1)N(/C=C/F)C(=O)N(c1cc(OC)cc(OC)c1Cl)C2. The van der Waals surface area contributed by atoms with Crippen molar-refractivity contribution >= 4 is 41.0 Å². The molecule has 2 unspecified atom stereocenters. The average Bonchev–Trinajstić information content (AvgIpc) is 2.91. The molecule has 4 rings (SSSR count). The van der Waals surface area contributed by atoms with E-state index in [1.54, 1.807) is 18.3 Å². The lowest BCUT2D eigenvalue weighted by Gasteiger charge is -2.35. The van der Waals surface area contributed by atoms with Gasteiger partial charge < -0.3 is 20.1 Å². The largest absolute Gasteiger partial charge is 0.497 e. The number of nitrogens with one attached hydrogen (secondary N) is 2. The highest BCUT2D eigenvalue weighted by Crippen LogP contribution is 2.42. The second kappa shape index (κ2) is 11.5. The summed E-state index contributed by atoms with van der Waals surface area (Å²) in [6.45, 7) is 3.60. The van der Waals surface area contributed by atoms with E-state index < -0.39 is 6.03 Å². The topological polar surface area (TPSA) is 109 Å². The van der Waals surface area contributed by atoms with E-state index >= 15 is 0 Å². The first-order valence-corrected chi connectivity index (χ1v) is 12.1. The minimum absolute atomic E-state index is 0.0859. The Morgan fingerprint density at radius 1 is 1.24 bits per heavy atom. The number of urea groups is 1. The number of hydrogen-bond acceptors (Lipinski definition) is 7. The zero-order chi connectivity index (χ0) is 26.5. The molecule has 2 atom stereocenters. The molecule has 0 radical (unpaired) electrons. The molecule has 0 saturated heterocycles. The summed E-state index contributed by atoms with van der Waals surface area (Å²) >= 11 is 6.52. The number of benzene rings is 1. The van der Waals surface area contributed by atoms with E-state index in [0.717, 1.165) is 36.8 Å². The standard InChI is InChI=1S/C25H28ClFN6O4/c1-4-21(34)29-17-7-5-6-8-18(17)30-24-28-13-15-14-33(25(35)32(10-9-27)23(15)31-24)19-11-16(36-2)12-20(37-3)22(19)26/h4,9-13,17-18H,1,5-8,14H2,2-3H3,(H,29,34)(H,28,30,31)/b10-9+. The fourth-order valence-electron chi connectivity index (χ4n) is 4.53. The fourth-order valence-corrected chi connectivity index (χ4v) is 4.82. The summed E-state index contributed by atoms with van der Waals surface area (Å²) in [5.41, 5.74) is 0.900. The van der Waals surface area contributed by atoms with E-state index in [-0.39, 0.29) is 47.7 Å². The number of ether oxygens (including phenoxy) is 2. The summed E-state index contributed by atoms with van der Waals surface area (Å²) in [6, 6.07) is 2.40. The molecule has 2 aliphatic rings. The Morgan fingerprint density at radius 3 is 2.68 bits per heavy atom. The van der Waals surface area contributed by atoms with Gasteiger partial charge in [-0.25, -0.2) is 14.2 Å². The van der Waals surface area contributed by atoms with Gasteiger partial charge in [0.25, 0.3) is 0 Å². The molecule has 37 heavy (non-hydrogen) atoms. The van der Waals surface area contributed by atoms with Gasteiger partial charge in [-0.2, -0.15) is 4.98 Å². The summed E-state index contributed by atoms with van der Waals surface area (Å²) < 4.78 is 24.0. The third kappa shape index (κ3) is 5.46. The van der Waals surface area contributed by atoms with Crippen molar-refractivity contribution in [2.45, 2.75) is 44.3 Å². The summed E-state index contributed by atoms with van der Waals surface area (Å²) in [6.07, 6.45) is 7.65. The van der Waals surface area contributed by atoms with E-state index in [9.17, 15) is 14.0 Å². The minimum atomic E-state index is -0.572. The Labute approximate surface area is 219 Å². The minimum Gasteiger partial charge on any atom is -0.497 e. The molecule has 1 aliphatic carbocycles. The van der Waals surface area contributed by atoms with Crippen molar-refractivity contribution in [3.05, 3.63) is 54.1 Å². The number of amides is 3. The van der Waals surface area contributed by atoms with Crippen molar-refractivity contribution in [2.75, 3.05) is 29.3 Å². The molecule has 12 heteroatoms. The normalized spacial score (nSPS) is 19.4. The highest BCUT2D eigenvalue weighted by molar-refractivity contribution is 6.35. The molecule has 2 N–H and O–H groups in total. The zero-order valence-electron chi connectivity index (χ0n) is 20.5. The number of nitrogens with zero attached hydrogens (tertiary/aromatic N) is 4. The van der Waals surface area contributed by atoms with Crippen molar-refractivity contribution < 1.29 is 23.5 Å². The maximum absolute atomic E-state index is 13.5. The smallest absolute Gasteiger partial charge is 0.334 e. The Balaban J connectivity index is 1.66. The van der Waals surface area contributed by atoms with Gasteiger partial charge in [-0.1, -0.05) is 31.0 Å². The van der Waals surface area contributed by atoms with Crippen LogP contribution in [0.1, 0.15) is 31.2 Å². The maximum atomic E-state index is 13.5. The van der Waals surface area contributed by atoms with Crippen LogP contribution >= 0.6 is 11.6 Å². The van der Waals surface area contributed by atoms with E-state index in [1.807, 2.05) is 0 Å². The van der Waals surface area contributed by atoms with E-state index in [0.29, 0.717) is 22.7 Å². The Kier molecular flexibility index (Phi) is 8.12. The van der Waals surface area contributed by atoms with Crippen molar-refractivity contribution in [3.8, 4) is 11.5 Å². The summed E-state index contributed by atoms with van der Waals surface area (Å²) in [7, 11) is 2.94. The van der Waals surface area contributed by atoms with Crippen LogP contribution in [-0.4, -0.2) is 48.2 Å². The number of aromatic nitrogens is 2. The first-order valence-electron chi connectivity index (χ1n) is 11.7. The quantitative estimate of drug-likeness (QED) is 0.481. The molecule has 0 bridgehead atoms. The Morgan fingerprint density at radius 2 is 2.00 bits per heavy atom. The highest BCUT2D eigenvalue weighted by Gasteiger charge is 2.35. The second-order valence-corrected chi connectivity index (χ2v) is 8.95. The summed E-state index contributed by atoms with van der Waals surface area (Å²) in [4.78, 5) is 36.8. The molecule has 1 aromatic heterocycles. The predicted molar refractivity (Wildman–Crippen MR) is 139 cm³/mol. The molecule has 3 amide bonds. The van der Waals surface area contributed by atoms with E-state index in [1.165, 1.54) is 25.2 Å². The molecule has 1 saturated carbocycles. The van der Waals surface area contributed by atoms with Crippen LogP contribution in [0.5, 0.6) is 11.5 Å². The van der Waals surface area contributed by atoms with Gasteiger partial charge >= 0.3 is 6.03 Å². The number of methoxy groups -OCH3 is 2. The molecular formula is C25H28ClFN6O4. The lowest BCUT2D eigenvalue weighted by atomic mass is 9.90. The average molecular weight is 531 g/mol. The second-order valence-electron chi connectivity index (χ2n) is 8.57. The van der Waals surface area contributed by atoms with Crippen molar-refractivity contribution in [1.82, 2.24) is 15.3 Å². The van der Waals surface area contributed by atoms with Gasteiger partial charge in [0.15, 0.2) is 5.82 Å². The lowest BCUT2D eigenvalue weighted by Crippen LogP contribution is -2.48. The first kappa shape index (κ1) is 26.2. The molecule has 10 nitrogen and oxygen atoms in total. The molecule has 196 valence electrons. The van der Waals surface area contributed by atoms with Crippen LogP contribution in [-0.2, 0) is 11.3 Å². The van der Waals surface area contributed by atoms with Crippen molar-refractivity contribution in [1.29, 1.82) is 0 Å². The number of hydrogen-bond donors (Lipinski definition) is 2. The van der Waals surface area contributed by atoms with Gasteiger partial charge in [-0.3, -0.25) is 14.6 Å². The van der Waals surface area contributed by atoms with Gasteiger partial charge in [-0.05, 0) is 18.9 Å². The molecule has 1 aromatic carbocycles. The number of carbonyl (C=O) groups excluding carboxylic acids is 2. The van der Waals surface area contributed by atoms with Gasteiger partial charge in [0.1, 0.15) is 22.9 Å². The molecule has 1 aliphatic heterocycles. The van der Waals surface area contributed by atoms with Crippen LogP contribution in [0.4, 0.5) is 26.6 Å². The third-order valence-corrected chi connectivity index (χ3v) is 6.75. The first-order chi connectivity index (χ1) is 17.9. The Bertz CT molecular complexity index is 1230. The number of rotatable bonds is 8. The maximum Gasteiger partial charge on any atom is 0.334 e. The van der Waals surface area contributed by atoms with Crippen LogP contribution in [0, 0.1) is 0 Å². The van der Waals surface area contributed by atoms with Crippen LogP contribution in [0.2, 0.25) is 5.02 Å². The van der Waals surface area contributed by atoms with Crippen LogP contribution < -0.4 is 29.9 Å². The number of fused-ring (bicyclic) bond motifs is 1. The lowest BCUT2D eigenvalue weighted by molar-refractivity contribution is -0.117. The summed E-state index contributed by atoms with van der Waals surface area (Å²) in [5, 5.41) is 6.42. The van der Waals surface area contributed by atoms with Gasteiger partial charge in [0, 0.05) is 42.2 Å². The molecule has 1 fully saturated rings. The number of halogens is 2.